The van der Waals surface area contributed by atoms with Crippen LogP contribution < -0.4 is 16.4 Å². The molecule has 0 aromatic carbocycles. The van der Waals surface area contributed by atoms with E-state index in [0.717, 1.165) is 19.4 Å². The summed E-state index contributed by atoms with van der Waals surface area (Å²) in [5, 5.41) is 5.78. The molecule has 1 fully saturated rings. The summed E-state index contributed by atoms with van der Waals surface area (Å²) >= 11 is 0. The van der Waals surface area contributed by atoms with Gasteiger partial charge in [-0.2, -0.15) is 0 Å². The minimum Gasteiger partial charge on any atom is -0.379 e. The first-order chi connectivity index (χ1) is 7.61. The molecule has 1 aliphatic heterocycles. The maximum Gasteiger partial charge on any atom is 0.315 e. The lowest BCUT2D eigenvalue weighted by molar-refractivity contribution is 0.188. The van der Waals surface area contributed by atoms with E-state index in [-0.39, 0.29) is 18.1 Å². The summed E-state index contributed by atoms with van der Waals surface area (Å²) in [6, 6.07) is 0.0754. The lowest BCUT2D eigenvalue weighted by Gasteiger charge is -2.20. The van der Waals surface area contributed by atoms with Gasteiger partial charge in [-0.25, -0.2) is 4.79 Å². The number of rotatable bonds is 5. The summed E-state index contributed by atoms with van der Waals surface area (Å²) in [5.74, 6) is 0.531. The van der Waals surface area contributed by atoms with Crippen molar-refractivity contribution >= 4 is 6.03 Å². The number of ether oxygens (including phenoxy) is 1. The zero-order chi connectivity index (χ0) is 12.0. The standard InChI is InChI=1S/C11H23N3O2/c1-8(2)5-10(6-12)14-11(15)13-9-3-4-16-7-9/h8-10H,3-7,12H2,1-2H3,(H2,13,14,15). The second kappa shape index (κ2) is 6.70. The molecule has 2 amide bonds. The van der Waals surface area contributed by atoms with Crippen molar-refractivity contribution < 1.29 is 9.53 Å². The zero-order valence-corrected chi connectivity index (χ0v) is 10.2. The van der Waals surface area contributed by atoms with Gasteiger partial charge in [0.25, 0.3) is 0 Å². The number of hydrogen-bond donors (Lipinski definition) is 3. The van der Waals surface area contributed by atoms with Crippen molar-refractivity contribution in [3.8, 4) is 0 Å². The molecule has 0 aromatic rings. The van der Waals surface area contributed by atoms with Crippen LogP contribution in [-0.4, -0.2) is 37.9 Å². The topological polar surface area (TPSA) is 76.4 Å². The van der Waals surface area contributed by atoms with Crippen molar-refractivity contribution in [2.45, 2.75) is 38.8 Å². The molecule has 5 nitrogen and oxygen atoms in total. The number of nitrogens with two attached hydrogens (primary N) is 1. The average molecular weight is 229 g/mol. The Hall–Kier alpha value is -0.810. The Morgan fingerprint density at radius 2 is 2.31 bits per heavy atom. The minimum atomic E-state index is -0.133. The van der Waals surface area contributed by atoms with Crippen molar-refractivity contribution in [2.24, 2.45) is 11.7 Å². The molecule has 2 unspecified atom stereocenters. The quantitative estimate of drug-likeness (QED) is 0.640. The molecule has 2 atom stereocenters. The molecule has 4 N–H and O–H groups in total. The van der Waals surface area contributed by atoms with Gasteiger partial charge in [0, 0.05) is 19.2 Å². The van der Waals surface area contributed by atoms with Gasteiger partial charge in [0.2, 0.25) is 0 Å². The first-order valence-corrected chi connectivity index (χ1v) is 5.96. The fraction of sp³-hybridized carbons (Fsp3) is 0.909. The van der Waals surface area contributed by atoms with Crippen LogP contribution in [0, 0.1) is 5.92 Å². The third-order valence-corrected chi connectivity index (χ3v) is 2.64. The van der Waals surface area contributed by atoms with E-state index in [4.69, 9.17) is 10.5 Å². The molecule has 94 valence electrons. The molecule has 16 heavy (non-hydrogen) atoms. The first-order valence-electron chi connectivity index (χ1n) is 5.96. The molecule has 0 bridgehead atoms. The van der Waals surface area contributed by atoms with Gasteiger partial charge < -0.3 is 21.1 Å². The van der Waals surface area contributed by atoms with Crippen LogP contribution >= 0.6 is 0 Å². The van der Waals surface area contributed by atoms with E-state index in [1.54, 1.807) is 0 Å². The Morgan fingerprint density at radius 1 is 1.56 bits per heavy atom. The summed E-state index contributed by atoms with van der Waals surface area (Å²) in [6.07, 6.45) is 1.80. The van der Waals surface area contributed by atoms with Crippen LogP contribution in [0.3, 0.4) is 0 Å². The maximum atomic E-state index is 11.6. The Morgan fingerprint density at radius 3 is 2.81 bits per heavy atom. The largest absolute Gasteiger partial charge is 0.379 e. The monoisotopic (exact) mass is 229 g/mol. The predicted octanol–water partition coefficient (Wildman–Crippen LogP) is 0.448. The summed E-state index contributed by atoms with van der Waals surface area (Å²) in [7, 11) is 0. The second-order valence-electron chi connectivity index (χ2n) is 4.74. The number of hydrogen-bond acceptors (Lipinski definition) is 3. The molecule has 0 saturated carbocycles. The lowest BCUT2D eigenvalue weighted by atomic mass is 10.0. The van der Waals surface area contributed by atoms with E-state index in [9.17, 15) is 4.79 Å². The fourth-order valence-electron chi connectivity index (χ4n) is 1.84. The van der Waals surface area contributed by atoms with Crippen LogP contribution in [0.2, 0.25) is 0 Å². The third-order valence-electron chi connectivity index (χ3n) is 2.64. The number of nitrogens with one attached hydrogen (secondary N) is 2. The molecule has 1 heterocycles. The molecule has 5 heteroatoms. The smallest absolute Gasteiger partial charge is 0.315 e. The molecule has 1 saturated heterocycles. The molecular weight excluding hydrogens is 206 g/mol. The molecule has 0 aliphatic carbocycles. The third kappa shape index (κ3) is 4.81. The molecule has 0 spiro atoms. The lowest BCUT2D eigenvalue weighted by Crippen LogP contribution is -2.49. The highest BCUT2D eigenvalue weighted by Gasteiger charge is 2.19. The van der Waals surface area contributed by atoms with E-state index in [2.05, 4.69) is 24.5 Å². The van der Waals surface area contributed by atoms with Gasteiger partial charge in [-0.3, -0.25) is 0 Å². The maximum absolute atomic E-state index is 11.6. The van der Waals surface area contributed by atoms with Gasteiger partial charge in [-0.05, 0) is 18.8 Å². The molecular formula is C11H23N3O2. The van der Waals surface area contributed by atoms with Gasteiger partial charge in [0.1, 0.15) is 0 Å². The van der Waals surface area contributed by atoms with Crippen LogP contribution in [0.15, 0.2) is 0 Å². The van der Waals surface area contributed by atoms with Gasteiger partial charge in [0.15, 0.2) is 0 Å². The number of amides is 2. The minimum absolute atomic E-state index is 0.0577. The summed E-state index contributed by atoms with van der Waals surface area (Å²) in [4.78, 5) is 11.6. The van der Waals surface area contributed by atoms with Crippen molar-refractivity contribution in [3.05, 3.63) is 0 Å². The normalized spacial score (nSPS) is 22.1. The van der Waals surface area contributed by atoms with Crippen LogP contribution in [0.25, 0.3) is 0 Å². The van der Waals surface area contributed by atoms with E-state index in [0.29, 0.717) is 19.1 Å². The summed E-state index contributed by atoms with van der Waals surface area (Å²) < 4.78 is 5.19. The van der Waals surface area contributed by atoms with Crippen LogP contribution in [0.1, 0.15) is 26.7 Å². The van der Waals surface area contributed by atoms with Crippen molar-refractivity contribution in [1.82, 2.24) is 10.6 Å². The van der Waals surface area contributed by atoms with Crippen LogP contribution in [-0.2, 0) is 4.74 Å². The second-order valence-corrected chi connectivity index (χ2v) is 4.74. The zero-order valence-electron chi connectivity index (χ0n) is 10.2. The first kappa shape index (κ1) is 13.3. The Bertz CT molecular complexity index is 215. The van der Waals surface area contributed by atoms with Crippen molar-refractivity contribution in [1.29, 1.82) is 0 Å². The highest BCUT2D eigenvalue weighted by atomic mass is 16.5. The Balaban J connectivity index is 2.24. The molecule has 1 rings (SSSR count). The summed E-state index contributed by atoms with van der Waals surface area (Å²) in [6.45, 7) is 6.06. The van der Waals surface area contributed by atoms with Crippen LogP contribution in [0.5, 0.6) is 0 Å². The highest BCUT2D eigenvalue weighted by molar-refractivity contribution is 5.74. The summed E-state index contributed by atoms with van der Waals surface area (Å²) in [5.41, 5.74) is 5.61. The Labute approximate surface area is 97.1 Å². The van der Waals surface area contributed by atoms with Gasteiger partial charge >= 0.3 is 6.03 Å². The SMILES string of the molecule is CC(C)CC(CN)NC(=O)NC1CCOC1. The van der Waals surface area contributed by atoms with Crippen molar-refractivity contribution in [3.63, 3.8) is 0 Å². The van der Waals surface area contributed by atoms with E-state index in [1.807, 2.05) is 0 Å². The average Bonchev–Trinajstić information content (AvgIpc) is 2.68. The highest BCUT2D eigenvalue weighted by Crippen LogP contribution is 2.05. The molecule has 0 aromatic heterocycles. The van der Waals surface area contributed by atoms with Gasteiger partial charge in [-0.15, -0.1) is 0 Å². The van der Waals surface area contributed by atoms with E-state index in [1.165, 1.54) is 0 Å². The van der Waals surface area contributed by atoms with Crippen LogP contribution in [0.4, 0.5) is 4.79 Å². The number of carbonyl (C=O) groups is 1. The van der Waals surface area contributed by atoms with E-state index < -0.39 is 0 Å². The fourth-order valence-corrected chi connectivity index (χ4v) is 1.84. The number of urea groups is 1. The number of carbonyl (C=O) groups excluding carboxylic acids is 1. The Kier molecular flexibility index (Phi) is 5.55. The molecule has 0 radical (unpaired) electrons. The van der Waals surface area contributed by atoms with Crippen molar-refractivity contribution in [2.75, 3.05) is 19.8 Å². The van der Waals surface area contributed by atoms with Gasteiger partial charge in [-0.1, -0.05) is 13.8 Å². The molecule has 1 aliphatic rings. The van der Waals surface area contributed by atoms with E-state index >= 15 is 0 Å². The van der Waals surface area contributed by atoms with Gasteiger partial charge in [0.05, 0.1) is 12.6 Å². The predicted molar refractivity (Wildman–Crippen MR) is 63.2 cm³/mol.